The molecule has 3 unspecified atom stereocenters. The van der Waals surface area contributed by atoms with Gasteiger partial charge in [-0.05, 0) is 43.9 Å². The van der Waals surface area contributed by atoms with Crippen LogP contribution in [0.25, 0.3) is 10.9 Å². The van der Waals surface area contributed by atoms with Gasteiger partial charge in [0, 0.05) is 11.6 Å². The van der Waals surface area contributed by atoms with E-state index in [0.717, 1.165) is 24.8 Å². The number of rotatable bonds is 4. The van der Waals surface area contributed by atoms with Crippen LogP contribution in [0.15, 0.2) is 36.5 Å². The molecule has 1 aromatic carbocycles. The summed E-state index contributed by atoms with van der Waals surface area (Å²) in [7, 11) is 0. The lowest BCUT2D eigenvalue weighted by molar-refractivity contribution is 0.0321. The van der Waals surface area contributed by atoms with E-state index < -0.39 is 0 Å². The van der Waals surface area contributed by atoms with Crippen LogP contribution in [0, 0.1) is 0 Å². The zero-order chi connectivity index (χ0) is 13.9. The predicted molar refractivity (Wildman–Crippen MR) is 80.1 cm³/mol. The van der Waals surface area contributed by atoms with Crippen LogP contribution in [0.5, 0.6) is 0 Å². The number of ether oxygens (including phenoxy) is 1. The van der Waals surface area contributed by atoms with Crippen LogP contribution in [0.1, 0.15) is 25.3 Å². The Hall–Kier alpha value is -1.49. The van der Waals surface area contributed by atoms with E-state index in [1.807, 2.05) is 24.4 Å². The fourth-order valence-corrected chi connectivity index (χ4v) is 3.00. The normalized spacial score (nSPS) is 24.1. The minimum Gasteiger partial charge on any atom is -0.374 e. The average Bonchev–Trinajstić information content (AvgIpc) is 2.91. The molecule has 0 saturated carbocycles. The Bertz CT molecular complexity index is 581. The molecule has 1 aliphatic rings. The molecule has 3 atom stereocenters. The summed E-state index contributed by atoms with van der Waals surface area (Å²) in [4.78, 5) is 4.40. The van der Waals surface area contributed by atoms with Crippen molar-refractivity contribution >= 4 is 10.9 Å². The third-order valence-corrected chi connectivity index (χ3v) is 4.11. The number of benzene rings is 1. The van der Waals surface area contributed by atoms with E-state index in [9.17, 15) is 0 Å². The summed E-state index contributed by atoms with van der Waals surface area (Å²) in [6.45, 7) is 2.12. The van der Waals surface area contributed by atoms with Crippen LogP contribution in [-0.2, 0) is 11.2 Å². The number of pyridine rings is 1. The monoisotopic (exact) mass is 271 g/mol. The quantitative estimate of drug-likeness (QED) is 0.661. The Morgan fingerprint density at radius 1 is 1.35 bits per heavy atom. The van der Waals surface area contributed by atoms with Crippen molar-refractivity contribution in [2.45, 2.75) is 44.4 Å². The summed E-state index contributed by atoms with van der Waals surface area (Å²) in [5.74, 6) is 5.74. The molecule has 20 heavy (non-hydrogen) atoms. The van der Waals surface area contributed by atoms with Gasteiger partial charge in [0.05, 0.1) is 23.8 Å². The van der Waals surface area contributed by atoms with Gasteiger partial charge in [-0.1, -0.05) is 18.2 Å². The van der Waals surface area contributed by atoms with Gasteiger partial charge in [-0.3, -0.25) is 16.3 Å². The molecule has 1 aromatic heterocycles. The Morgan fingerprint density at radius 2 is 2.20 bits per heavy atom. The first-order chi connectivity index (χ1) is 9.78. The smallest absolute Gasteiger partial charge is 0.0749 e. The first kappa shape index (κ1) is 13.5. The van der Waals surface area contributed by atoms with Gasteiger partial charge >= 0.3 is 0 Å². The van der Waals surface area contributed by atoms with E-state index in [2.05, 4.69) is 29.5 Å². The molecule has 3 rings (SSSR count). The summed E-state index contributed by atoms with van der Waals surface area (Å²) < 4.78 is 5.94. The molecule has 0 bridgehead atoms. The van der Waals surface area contributed by atoms with E-state index in [1.165, 1.54) is 10.9 Å². The van der Waals surface area contributed by atoms with Gasteiger partial charge in [-0.15, -0.1) is 0 Å². The Balaban J connectivity index is 1.84. The van der Waals surface area contributed by atoms with E-state index >= 15 is 0 Å². The highest BCUT2D eigenvalue weighted by atomic mass is 16.5. The minimum absolute atomic E-state index is 0.144. The number of hydrogen-bond acceptors (Lipinski definition) is 4. The molecule has 4 nitrogen and oxygen atoms in total. The van der Waals surface area contributed by atoms with E-state index in [1.54, 1.807) is 0 Å². The van der Waals surface area contributed by atoms with Crippen LogP contribution >= 0.6 is 0 Å². The topological polar surface area (TPSA) is 60.2 Å². The second-order valence-corrected chi connectivity index (χ2v) is 5.53. The summed E-state index contributed by atoms with van der Waals surface area (Å²) in [6, 6.07) is 10.4. The molecule has 1 saturated heterocycles. The molecule has 0 radical (unpaired) electrons. The lowest BCUT2D eigenvalue weighted by Crippen LogP contribution is -2.45. The highest BCUT2D eigenvalue weighted by Crippen LogP contribution is 2.25. The molecule has 2 heterocycles. The highest BCUT2D eigenvalue weighted by Gasteiger charge is 2.29. The molecule has 106 valence electrons. The molecule has 2 aromatic rings. The van der Waals surface area contributed by atoms with Gasteiger partial charge in [0.2, 0.25) is 0 Å². The number of nitrogens with one attached hydrogen (secondary N) is 1. The van der Waals surface area contributed by atoms with Gasteiger partial charge in [-0.25, -0.2) is 0 Å². The number of hydrogen-bond donors (Lipinski definition) is 2. The molecule has 0 amide bonds. The Morgan fingerprint density at radius 3 is 2.95 bits per heavy atom. The zero-order valence-electron chi connectivity index (χ0n) is 11.8. The summed E-state index contributed by atoms with van der Waals surface area (Å²) in [5.41, 5.74) is 5.23. The number of fused-ring (bicyclic) bond motifs is 1. The molecule has 1 aliphatic heterocycles. The predicted octanol–water partition coefficient (Wildman–Crippen LogP) is 2.18. The lowest BCUT2D eigenvalue weighted by Gasteiger charge is -2.23. The van der Waals surface area contributed by atoms with Gasteiger partial charge in [0.25, 0.3) is 0 Å². The Labute approximate surface area is 119 Å². The maximum atomic E-state index is 5.94. The van der Waals surface area contributed by atoms with Crippen molar-refractivity contribution in [1.82, 2.24) is 10.4 Å². The zero-order valence-corrected chi connectivity index (χ0v) is 11.8. The van der Waals surface area contributed by atoms with Crippen molar-refractivity contribution < 1.29 is 4.74 Å². The van der Waals surface area contributed by atoms with Crippen molar-refractivity contribution in [2.24, 2.45) is 5.84 Å². The number of nitrogens with zero attached hydrogens (tertiary/aromatic N) is 1. The number of aromatic nitrogens is 1. The standard InChI is InChI=1S/C16H21N3O/c1-11-6-7-16(20-11)15(19-17)10-12-8-9-18-14-5-3-2-4-13(12)14/h2-5,8-9,11,15-16,19H,6-7,10,17H2,1H3. The molecular weight excluding hydrogens is 250 g/mol. The van der Waals surface area contributed by atoms with Gasteiger partial charge < -0.3 is 4.74 Å². The first-order valence-electron chi connectivity index (χ1n) is 7.22. The molecule has 1 fully saturated rings. The number of nitrogens with two attached hydrogens (primary N) is 1. The van der Waals surface area contributed by atoms with Crippen molar-refractivity contribution in [3.63, 3.8) is 0 Å². The maximum absolute atomic E-state index is 5.94. The van der Waals surface area contributed by atoms with Crippen molar-refractivity contribution in [3.05, 3.63) is 42.1 Å². The second-order valence-electron chi connectivity index (χ2n) is 5.53. The average molecular weight is 271 g/mol. The van der Waals surface area contributed by atoms with Gasteiger partial charge in [0.15, 0.2) is 0 Å². The minimum atomic E-state index is 0.144. The third-order valence-electron chi connectivity index (χ3n) is 4.11. The maximum Gasteiger partial charge on any atom is 0.0749 e. The SMILES string of the molecule is CC1CCC(C(Cc2ccnc3ccccc23)NN)O1. The van der Waals surface area contributed by atoms with Gasteiger partial charge in [0.1, 0.15) is 0 Å². The summed E-state index contributed by atoms with van der Waals surface area (Å²) in [6.07, 6.45) is 5.44. The third kappa shape index (κ3) is 2.68. The van der Waals surface area contributed by atoms with E-state index in [0.29, 0.717) is 6.10 Å². The van der Waals surface area contributed by atoms with E-state index in [-0.39, 0.29) is 12.1 Å². The molecule has 0 spiro atoms. The number of hydrazine groups is 1. The molecular formula is C16H21N3O. The first-order valence-corrected chi connectivity index (χ1v) is 7.22. The van der Waals surface area contributed by atoms with Crippen LogP contribution in [0.2, 0.25) is 0 Å². The summed E-state index contributed by atoms with van der Waals surface area (Å²) in [5, 5.41) is 1.20. The number of para-hydroxylation sites is 1. The fraction of sp³-hybridized carbons (Fsp3) is 0.438. The van der Waals surface area contributed by atoms with Crippen LogP contribution in [0.4, 0.5) is 0 Å². The fourth-order valence-electron chi connectivity index (χ4n) is 3.00. The van der Waals surface area contributed by atoms with Crippen molar-refractivity contribution in [1.29, 1.82) is 0 Å². The molecule has 3 N–H and O–H groups in total. The van der Waals surface area contributed by atoms with E-state index in [4.69, 9.17) is 10.6 Å². The van der Waals surface area contributed by atoms with Crippen molar-refractivity contribution in [2.75, 3.05) is 0 Å². The largest absolute Gasteiger partial charge is 0.374 e. The van der Waals surface area contributed by atoms with Crippen LogP contribution < -0.4 is 11.3 Å². The van der Waals surface area contributed by atoms with Crippen LogP contribution in [-0.4, -0.2) is 23.2 Å². The highest BCUT2D eigenvalue weighted by molar-refractivity contribution is 5.81. The molecule has 0 aliphatic carbocycles. The summed E-state index contributed by atoms with van der Waals surface area (Å²) >= 11 is 0. The van der Waals surface area contributed by atoms with Crippen LogP contribution in [0.3, 0.4) is 0 Å². The Kier molecular flexibility index (Phi) is 3.96. The second kappa shape index (κ2) is 5.87. The van der Waals surface area contributed by atoms with Gasteiger partial charge in [-0.2, -0.15) is 0 Å². The lowest BCUT2D eigenvalue weighted by atomic mass is 9.97. The van der Waals surface area contributed by atoms with Crippen molar-refractivity contribution in [3.8, 4) is 0 Å². The molecule has 4 heteroatoms.